The zero-order chi connectivity index (χ0) is 11.2. The molecule has 0 fully saturated rings. The molecule has 15 heavy (non-hydrogen) atoms. The lowest BCUT2D eigenvalue weighted by Crippen LogP contribution is -1.93. The van der Waals surface area contributed by atoms with E-state index in [1.165, 1.54) is 6.07 Å². The van der Waals surface area contributed by atoms with Crippen LogP contribution in [0.4, 0.5) is 4.39 Å². The van der Waals surface area contributed by atoms with E-state index in [9.17, 15) is 9.18 Å². The lowest BCUT2D eigenvalue weighted by Gasteiger charge is -2.00. The van der Waals surface area contributed by atoms with Crippen molar-refractivity contribution in [1.29, 1.82) is 0 Å². The predicted molar refractivity (Wildman–Crippen MR) is 60.7 cm³/mol. The van der Waals surface area contributed by atoms with E-state index >= 15 is 0 Å². The highest BCUT2D eigenvalue weighted by atomic mass is 79.9. The number of nitrogens with zero attached hydrogens (tertiary/aromatic N) is 1. The minimum atomic E-state index is -0.321. The van der Waals surface area contributed by atoms with Gasteiger partial charge in [-0.1, -0.05) is 15.9 Å². The van der Waals surface area contributed by atoms with E-state index in [1.807, 2.05) is 0 Å². The number of fused-ring (bicyclic) bond motifs is 1. The van der Waals surface area contributed by atoms with Gasteiger partial charge in [0.15, 0.2) is 6.29 Å². The highest BCUT2D eigenvalue weighted by Crippen LogP contribution is 2.29. The third-order valence-electron chi connectivity index (χ3n) is 2.66. The molecular formula is C11H9BrFNO. The van der Waals surface area contributed by atoms with Crippen LogP contribution in [0, 0.1) is 12.7 Å². The smallest absolute Gasteiger partial charge is 0.152 e. The molecule has 0 aliphatic heterocycles. The van der Waals surface area contributed by atoms with Crippen LogP contribution >= 0.6 is 15.9 Å². The molecule has 0 bridgehead atoms. The first-order valence-corrected chi connectivity index (χ1v) is 5.24. The molecule has 2 aromatic rings. The van der Waals surface area contributed by atoms with E-state index in [-0.39, 0.29) is 5.82 Å². The monoisotopic (exact) mass is 269 g/mol. The summed E-state index contributed by atoms with van der Waals surface area (Å²) in [6.07, 6.45) is 0.767. The normalized spacial score (nSPS) is 10.9. The SMILES string of the molecule is Cc1c(C=O)c2cc(Br)cc(F)c2n1C. The molecule has 0 N–H and O–H groups in total. The van der Waals surface area contributed by atoms with E-state index < -0.39 is 0 Å². The molecule has 2 nitrogen and oxygen atoms in total. The fraction of sp³-hybridized carbons (Fsp3) is 0.182. The van der Waals surface area contributed by atoms with Crippen LogP contribution in [0.15, 0.2) is 16.6 Å². The Hall–Kier alpha value is -1.16. The van der Waals surface area contributed by atoms with Gasteiger partial charge in [-0.25, -0.2) is 4.39 Å². The lowest BCUT2D eigenvalue weighted by molar-refractivity contribution is 0.112. The van der Waals surface area contributed by atoms with Crippen molar-refractivity contribution in [2.24, 2.45) is 7.05 Å². The second-order valence-corrected chi connectivity index (χ2v) is 4.38. The topological polar surface area (TPSA) is 22.0 Å². The van der Waals surface area contributed by atoms with E-state index in [0.29, 0.717) is 20.9 Å². The van der Waals surface area contributed by atoms with Crippen LogP contribution in [-0.2, 0) is 7.05 Å². The molecule has 0 radical (unpaired) electrons. The van der Waals surface area contributed by atoms with E-state index in [2.05, 4.69) is 15.9 Å². The minimum Gasteiger partial charge on any atom is -0.345 e. The third kappa shape index (κ3) is 1.40. The largest absolute Gasteiger partial charge is 0.345 e. The van der Waals surface area contributed by atoms with Gasteiger partial charge in [0.05, 0.1) is 5.52 Å². The molecule has 0 aliphatic rings. The molecule has 78 valence electrons. The Labute approximate surface area is 94.8 Å². The summed E-state index contributed by atoms with van der Waals surface area (Å²) in [7, 11) is 1.75. The molecule has 0 saturated carbocycles. The van der Waals surface area contributed by atoms with Gasteiger partial charge in [-0.3, -0.25) is 4.79 Å². The highest BCUT2D eigenvalue weighted by molar-refractivity contribution is 9.10. The van der Waals surface area contributed by atoms with Gasteiger partial charge in [0.1, 0.15) is 5.82 Å². The molecule has 0 amide bonds. The molecule has 4 heteroatoms. The number of hydrogen-bond acceptors (Lipinski definition) is 1. The fourth-order valence-corrected chi connectivity index (χ4v) is 2.23. The van der Waals surface area contributed by atoms with Crippen LogP contribution in [-0.4, -0.2) is 10.9 Å². The van der Waals surface area contributed by atoms with Crippen molar-refractivity contribution >= 4 is 33.1 Å². The van der Waals surface area contributed by atoms with Gasteiger partial charge in [-0.05, 0) is 19.1 Å². The van der Waals surface area contributed by atoms with Crippen LogP contribution < -0.4 is 0 Å². The fourth-order valence-electron chi connectivity index (χ4n) is 1.80. The number of carbonyl (C=O) groups excluding carboxylic acids is 1. The number of rotatable bonds is 1. The zero-order valence-corrected chi connectivity index (χ0v) is 9.93. The Balaban J connectivity index is 3.03. The summed E-state index contributed by atoms with van der Waals surface area (Å²) in [6.45, 7) is 1.80. The van der Waals surface area contributed by atoms with Crippen LogP contribution in [0.1, 0.15) is 16.1 Å². The van der Waals surface area contributed by atoms with Crippen molar-refractivity contribution in [2.45, 2.75) is 6.92 Å². The Bertz CT molecular complexity index is 559. The quantitative estimate of drug-likeness (QED) is 0.729. The number of aldehydes is 1. The molecule has 1 aromatic heterocycles. The third-order valence-corrected chi connectivity index (χ3v) is 3.12. The summed E-state index contributed by atoms with van der Waals surface area (Å²) in [6, 6.07) is 3.16. The van der Waals surface area contributed by atoms with Gasteiger partial charge in [-0.2, -0.15) is 0 Å². The first-order chi connectivity index (χ1) is 7.06. The number of aryl methyl sites for hydroxylation is 1. The molecule has 1 heterocycles. The van der Waals surface area contributed by atoms with Gasteiger partial charge in [0.25, 0.3) is 0 Å². The molecule has 0 saturated heterocycles. The molecular weight excluding hydrogens is 261 g/mol. The summed E-state index contributed by atoms with van der Waals surface area (Å²) >= 11 is 3.22. The predicted octanol–water partition coefficient (Wildman–Crippen LogP) is 3.20. The van der Waals surface area contributed by atoms with Crippen molar-refractivity contribution in [3.8, 4) is 0 Å². The molecule has 0 atom stereocenters. The standard InChI is InChI=1S/C11H9BrFNO/c1-6-9(5-15)8-3-7(12)4-10(13)11(8)14(6)2/h3-5H,1-2H3. The zero-order valence-electron chi connectivity index (χ0n) is 8.34. The molecule has 2 rings (SSSR count). The van der Waals surface area contributed by atoms with Crippen LogP contribution in [0.3, 0.4) is 0 Å². The van der Waals surface area contributed by atoms with Gasteiger partial charge in [0.2, 0.25) is 0 Å². The van der Waals surface area contributed by atoms with Crippen LogP contribution in [0.25, 0.3) is 10.9 Å². The van der Waals surface area contributed by atoms with Crippen molar-refractivity contribution in [3.05, 3.63) is 33.7 Å². The number of hydrogen-bond donors (Lipinski definition) is 0. The Morgan fingerprint density at radius 2 is 2.13 bits per heavy atom. The van der Waals surface area contributed by atoms with Gasteiger partial charge in [0, 0.05) is 28.2 Å². The summed E-state index contributed by atoms with van der Waals surface area (Å²) in [4.78, 5) is 10.9. The number of benzene rings is 1. The summed E-state index contributed by atoms with van der Waals surface area (Å²) < 4.78 is 16.0. The average molecular weight is 270 g/mol. The molecule has 0 aliphatic carbocycles. The molecule has 0 spiro atoms. The number of halogens is 2. The first kappa shape index (κ1) is 10.4. The Kier molecular flexibility index (Phi) is 2.38. The maximum atomic E-state index is 13.7. The van der Waals surface area contributed by atoms with Gasteiger partial charge < -0.3 is 4.57 Å². The lowest BCUT2D eigenvalue weighted by atomic mass is 10.1. The number of carbonyl (C=O) groups is 1. The van der Waals surface area contributed by atoms with Crippen molar-refractivity contribution in [2.75, 3.05) is 0 Å². The number of aromatic nitrogens is 1. The minimum absolute atomic E-state index is 0.321. The second kappa shape index (κ2) is 3.45. The van der Waals surface area contributed by atoms with Crippen LogP contribution in [0.2, 0.25) is 0 Å². The summed E-state index contributed by atoms with van der Waals surface area (Å²) in [5.41, 5.74) is 1.79. The maximum absolute atomic E-state index is 13.7. The summed E-state index contributed by atoms with van der Waals surface area (Å²) in [5.74, 6) is -0.321. The Morgan fingerprint density at radius 3 is 2.73 bits per heavy atom. The van der Waals surface area contributed by atoms with E-state index in [4.69, 9.17) is 0 Å². The van der Waals surface area contributed by atoms with Gasteiger partial charge >= 0.3 is 0 Å². The molecule has 0 unspecified atom stereocenters. The van der Waals surface area contributed by atoms with Crippen LogP contribution in [0.5, 0.6) is 0 Å². The molecule has 1 aromatic carbocycles. The highest BCUT2D eigenvalue weighted by Gasteiger charge is 2.15. The maximum Gasteiger partial charge on any atom is 0.152 e. The van der Waals surface area contributed by atoms with Crippen molar-refractivity contribution in [3.63, 3.8) is 0 Å². The van der Waals surface area contributed by atoms with E-state index in [0.717, 1.165) is 12.0 Å². The van der Waals surface area contributed by atoms with Crippen molar-refractivity contribution < 1.29 is 9.18 Å². The van der Waals surface area contributed by atoms with Gasteiger partial charge in [-0.15, -0.1) is 0 Å². The van der Waals surface area contributed by atoms with E-state index in [1.54, 1.807) is 24.6 Å². The second-order valence-electron chi connectivity index (χ2n) is 3.46. The van der Waals surface area contributed by atoms with Crippen molar-refractivity contribution in [1.82, 2.24) is 4.57 Å². The Morgan fingerprint density at radius 1 is 1.47 bits per heavy atom. The average Bonchev–Trinajstić information content (AvgIpc) is 2.39. The first-order valence-electron chi connectivity index (χ1n) is 4.45. The summed E-state index contributed by atoms with van der Waals surface area (Å²) in [5, 5.41) is 0.650.